The van der Waals surface area contributed by atoms with Gasteiger partial charge in [0.15, 0.2) is 17.3 Å². The highest BCUT2D eigenvalue weighted by atomic mass is 35.5. The average molecular weight is 397 g/mol. The number of anilines is 1. The van der Waals surface area contributed by atoms with Crippen molar-refractivity contribution in [2.75, 3.05) is 19.5 Å². The molecule has 1 N–H and O–H groups in total. The highest BCUT2D eigenvalue weighted by Gasteiger charge is 2.13. The van der Waals surface area contributed by atoms with Crippen LogP contribution in [0.3, 0.4) is 0 Å². The predicted octanol–water partition coefficient (Wildman–Crippen LogP) is 4.57. The van der Waals surface area contributed by atoms with Crippen LogP contribution >= 0.6 is 11.6 Å². The van der Waals surface area contributed by atoms with E-state index in [0.29, 0.717) is 40.3 Å². The molecule has 0 aliphatic carbocycles. The number of nitrogens with one attached hydrogen (secondary N) is 1. The Morgan fingerprint density at radius 1 is 1.04 bits per heavy atom. The molecule has 0 radical (unpaired) electrons. The number of benzene rings is 2. The Morgan fingerprint density at radius 2 is 1.82 bits per heavy atom. The van der Waals surface area contributed by atoms with Gasteiger partial charge in [-0.05, 0) is 12.1 Å². The minimum Gasteiger partial charge on any atom is -0.493 e. The molecule has 0 saturated heterocycles. The fourth-order valence-corrected chi connectivity index (χ4v) is 3.12. The Kier molecular flexibility index (Phi) is 4.99. The molecule has 2 heterocycles. The third-order valence-corrected chi connectivity index (χ3v) is 4.61. The van der Waals surface area contributed by atoms with Crippen molar-refractivity contribution >= 4 is 28.3 Å². The first-order valence-corrected chi connectivity index (χ1v) is 8.88. The van der Waals surface area contributed by atoms with Crippen LogP contribution in [0.4, 0.5) is 5.82 Å². The fourth-order valence-electron chi connectivity index (χ4n) is 2.89. The summed E-state index contributed by atoms with van der Waals surface area (Å²) in [5.41, 5.74) is 2.24. The van der Waals surface area contributed by atoms with Gasteiger partial charge < -0.3 is 19.3 Å². The molecule has 4 aromatic rings. The van der Waals surface area contributed by atoms with Gasteiger partial charge in [0.1, 0.15) is 17.8 Å². The lowest BCUT2D eigenvalue weighted by molar-refractivity contribution is 0.356. The van der Waals surface area contributed by atoms with E-state index in [0.717, 1.165) is 16.5 Å². The maximum absolute atomic E-state index is 6.22. The van der Waals surface area contributed by atoms with Gasteiger partial charge in [-0.1, -0.05) is 35.0 Å². The number of nitrogens with zero attached hydrogens (tertiary/aromatic N) is 3. The van der Waals surface area contributed by atoms with Gasteiger partial charge >= 0.3 is 0 Å². The van der Waals surface area contributed by atoms with Crippen LogP contribution in [0, 0.1) is 0 Å². The summed E-state index contributed by atoms with van der Waals surface area (Å²) in [4.78, 5) is 8.63. The zero-order valence-corrected chi connectivity index (χ0v) is 16.0. The summed E-state index contributed by atoms with van der Waals surface area (Å²) >= 11 is 6.22. The first-order chi connectivity index (χ1) is 13.7. The van der Waals surface area contributed by atoms with Gasteiger partial charge in [0.05, 0.1) is 31.3 Å². The summed E-state index contributed by atoms with van der Waals surface area (Å²) in [7, 11) is 3.18. The average Bonchev–Trinajstić information content (AvgIpc) is 3.20. The van der Waals surface area contributed by atoms with E-state index in [1.54, 1.807) is 14.2 Å². The molecule has 28 heavy (non-hydrogen) atoms. The van der Waals surface area contributed by atoms with Crippen LogP contribution in [0.5, 0.6) is 11.5 Å². The molecule has 8 heteroatoms. The smallest absolute Gasteiger partial charge is 0.162 e. The minimum absolute atomic E-state index is 0.401. The summed E-state index contributed by atoms with van der Waals surface area (Å²) in [5, 5.41) is 8.80. The number of halogens is 1. The lowest BCUT2D eigenvalue weighted by Crippen LogP contribution is -2.02. The SMILES string of the molecule is COc1cc2ncnc(NCc3cc(-c4ccccc4Cl)no3)c2cc1OC. The van der Waals surface area contributed by atoms with Crippen LogP contribution in [0.2, 0.25) is 5.02 Å². The fraction of sp³-hybridized carbons (Fsp3) is 0.150. The molecule has 4 rings (SSSR count). The lowest BCUT2D eigenvalue weighted by atomic mass is 10.1. The van der Waals surface area contributed by atoms with Crippen molar-refractivity contribution in [3.8, 4) is 22.8 Å². The molecular weight excluding hydrogens is 380 g/mol. The zero-order chi connectivity index (χ0) is 19.5. The molecule has 0 aliphatic rings. The van der Waals surface area contributed by atoms with E-state index in [2.05, 4.69) is 20.4 Å². The Hall–Kier alpha value is -3.32. The van der Waals surface area contributed by atoms with E-state index >= 15 is 0 Å². The van der Waals surface area contributed by atoms with Crippen molar-refractivity contribution in [2.24, 2.45) is 0 Å². The van der Waals surface area contributed by atoms with Crippen molar-refractivity contribution in [3.05, 3.63) is 59.6 Å². The summed E-state index contributed by atoms with van der Waals surface area (Å²) in [6.07, 6.45) is 1.49. The van der Waals surface area contributed by atoms with Crippen molar-refractivity contribution in [1.82, 2.24) is 15.1 Å². The van der Waals surface area contributed by atoms with Crippen molar-refractivity contribution in [2.45, 2.75) is 6.54 Å². The van der Waals surface area contributed by atoms with Crippen LogP contribution < -0.4 is 14.8 Å². The Balaban J connectivity index is 1.59. The van der Waals surface area contributed by atoms with Crippen molar-refractivity contribution in [1.29, 1.82) is 0 Å². The van der Waals surface area contributed by atoms with Crippen LogP contribution in [0.1, 0.15) is 5.76 Å². The molecule has 7 nitrogen and oxygen atoms in total. The number of ether oxygens (including phenoxy) is 2. The van der Waals surface area contributed by atoms with Crippen LogP contribution in [0.25, 0.3) is 22.2 Å². The van der Waals surface area contributed by atoms with E-state index in [1.807, 2.05) is 42.5 Å². The summed E-state index contributed by atoms with van der Waals surface area (Å²) in [6.45, 7) is 0.401. The molecule has 0 spiro atoms. The zero-order valence-electron chi connectivity index (χ0n) is 15.3. The topological polar surface area (TPSA) is 82.3 Å². The third-order valence-electron chi connectivity index (χ3n) is 4.28. The first kappa shape index (κ1) is 18.1. The van der Waals surface area contributed by atoms with E-state index in [4.69, 9.17) is 25.6 Å². The summed E-state index contributed by atoms with van der Waals surface area (Å²) in [6, 6.07) is 13.0. The first-order valence-electron chi connectivity index (χ1n) is 8.50. The molecule has 0 fully saturated rings. The van der Waals surface area contributed by atoms with Crippen molar-refractivity contribution in [3.63, 3.8) is 0 Å². The minimum atomic E-state index is 0.401. The molecule has 2 aromatic heterocycles. The molecule has 0 atom stereocenters. The van der Waals surface area contributed by atoms with E-state index in [1.165, 1.54) is 6.33 Å². The quantitative estimate of drug-likeness (QED) is 0.511. The van der Waals surface area contributed by atoms with Gasteiger partial charge in [-0.3, -0.25) is 0 Å². The molecule has 0 amide bonds. The number of rotatable bonds is 6. The maximum Gasteiger partial charge on any atom is 0.162 e. The second-order valence-electron chi connectivity index (χ2n) is 5.96. The van der Waals surface area contributed by atoms with Gasteiger partial charge in [0.2, 0.25) is 0 Å². The molecule has 0 aliphatic heterocycles. The third kappa shape index (κ3) is 3.44. The molecule has 142 valence electrons. The highest BCUT2D eigenvalue weighted by molar-refractivity contribution is 6.33. The number of aromatic nitrogens is 3. The molecular formula is C20H17ClN4O3. The second kappa shape index (κ2) is 7.74. The van der Waals surface area contributed by atoms with Crippen molar-refractivity contribution < 1.29 is 14.0 Å². The number of methoxy groups -OCH3 is 2. The lowest BCUT2D eigenvalue weighted by Gasteiger charge is -2.11. The largest absolute Gasteiger partial charge is 0.493 e. The molecule has 0 saturated carbocycles. The van der Waals surface area contributed by atoms with Gasteiger partial charge in [0, 0.05) is 23.1 Å². The van der Waals surface area contributed by atoms with Gasteiger partial charge in [-0.15, -0.1) is 0 Å². The van der Waals surface area contributed by atoms with Crippen LogP contribution in [-0.2, 0) is 6.54 Å². The maximum atomic E-state index is 6.22. The summed E-state index contributed by atoms with van der Waals surface area (Å²) in [5.74, 6) is 2.52. The standard InChI is InChI=1S/C20H17ClN4O3/c1-26-18-8-14-16(9-19(18)27-2)23-11-24-20(14)22-10-12-7-17(25-28-12)13-5-3-4-6-15(13)21/h3-9,11H,10H2,1-2H3,(H,22,23,24). The Labute approximate surface area is 166 Å². The normalized spacial score (nSPS) is 10.8. The van der Waals surface area contributed by atoms with Gasteiger partial charge in [-0.2, -0.15) is 0 Å². The molecule has 0 bridgehead atoms. The number of fused-ring (bicyclic) bond motifs is 1. The monoisotopic (exact) mass is 396 g/mol. The number of hydrogen-bond acceptors (Lipinski definition) is 7. The van der Waals surface area contributed by atoms with E-state index in [9.17, 15) is 0 Å². The highest BCUT2D eigenvalue weighted by Crippen LogP contribution is 2.34. The van der Waals surface area contributed by atoms with E-state index in [-0.39, 0.29) is 0 Å². The molecule has 2 aromatic carbocycles. The van der Waals surface area contributed by atoms with E-state index < -0.39 is 0 Å². The molecule has 0 unspecified atom stereocenters. The van der Waals surface area contributed by atoms with Crippen LogP contribution in [-0.4, -0.2) is 29.3 Å². The van der Waals surface area contributed by atoms with Gasteiger partial charge in [0.25, 0.3) is 0 Å². The predicted molar refractivity (Wildman–Crippen MR) is 107 cm³/mol. The van der Waals surface area contributed by atoms with Crippen LogP contribution in [0.15, 0.2) is 53.3 Å². The Morgan fingerprint density at radius 3 is 2.61 bits per heavy atom. The Bertz CT molecular complexity index is 1130. The second-order valence-corrected chi connectivity index (χ2v) is 6.37. The summed E-state index contributed by atoms with van der Waals surface area (Å²) < 4.78 is 16.1. The van der Waals surface area contributed by atoms with Gasteiger partial charge in [-0.25, -0.2) is 9.97 Å². The number of hydrogen-bond donors (Lipinski definition) is 1.